The summed E-state index contributed by atoms with van der Waals surface area (Å²) >= 11 is 6.16. The lowest BCUT2D eigenvalue weighted by molar-refractivity contribution is -0.140. The molecule has 192 valence electrons. The van der Waals surface area contributed by atoms with Gasteiger partial charge in [-0.3, -0.25) is 9.59 Å². The molecule has 1 atom stereocenters. The van der Waals surface area contributed by atoms with E-state index in [1.165, 1.54) is 23.3 Å². The molecule has 1 fully saturated rings. The maximum absolute atomic E-state index is 13.3. The fourth-order valence-electron chi connectivity index (χ4n) is 4.50. The van der Waals surface area contributed by atoms with Crippen LogP contribution in [-0.2, 0) is 22.7 Å². The van der Waals surface area contributed by atoms with Crippen molar-refractivity contribution in [3.8, 4) is 11.5 Å². The summed E-state index contributed by atoms with van der Waals surface area (Å²) in [5.41, 5.74) is 2.50. The summed E-state index contributed by atoms with van der Waals surface area (Å²) < 4.78 is 11.3. The van der Waals surface area contributed by atoms with E-state index in [-0.39, 0.29) is 28.6 Å². The number of carbonyl (C=O) groups is 2. The van der Waals surface area contributed by atoms with Crippen molar-refractivity contribution in [2.24, 2.45) is 0 Å². The van der Waals surface area contributed by atoms with Crippen LogP contribution in [-0.4, -0.2) is 26.8 Å². The van der Waals surface area contributed by atoms with Crippen LogP contribution in [0.15, 0.2) is 95.1 Å². The number of hydrogen-bond acceptors (Lipinski definition) is 6. The average molecular weight is 530 g/mol. The number of aliphatic hydroxyl groups excluding tert-OH is 1. The summed E-state index contributed by atoms with van der Waals surface area (Å²) in [6.07, 6.45) is 1.47. The van der Waals surface area contributed by atoms with Crippen molar-refractivity contribution in [1.29, 1.82) is 0 Å². The molecule has 0 aliphatic carbocycles. The van der Waals surface area contributed by atoms with Crippen LogP contribution in [0, 0.1) is 6.92 Å². The van der Waals surface area contributed by atoms with Crippen LogP contribution >= 0.6 is 11.6 Å². The highest BCUT2D eigenvalue weighted by Crippen LogP contribution is 2.42. The van der Waals surface area contributed by atoms with Gasteiger partial charge in [-0.05, 0) is 66.1 Å². The number of likely N-dealkylation sites (tertiary alicyclic amines) is 1. The van der Waals surface area contributed by atoms with E-state index in [0.29, 0.717) is 29.2 Å². The standard InChI is InChI=1S/C30H24ClNO6/c1-18-14-21(10-12-25(18)38-17-19-6-3-2-4-7-19)28(34)26-27(20-9-11-24(33)23(31)15-20)32(30(36)29(26)35)16-22-8-5-13-37-22/h2-15,27,33-34H,16-17H2,1H3/b28-26-. The van der Waals surface area contributed by atoms with E-state index in [0.717, 1.165) is 11.1 Å². The molecule has 1 aliphatic rings. The number of ketones is 1. The molecule has 38 heavy (non-hydrogen) atoms. The van der Waals surface area contributed by atoms with E-state index >= 15 is 0 Å². The molecule has 0 bridgehead atoms. The molecule has 5 rings (SSSR count). The molecule has 2 N–H and O–H groups in total. The van der Waals surface area contributed by atoms with Gasteiger partial charge in [0.05, 0.1) is 29.4 Å². The highest BCUT2D eigenvalue weighted by molar-refractivity contribution is 6.46. The summed E-state index contributed by atoms with van der Waals surface area (Å²) in [6, 6.07) is 21.6. The molecule has 3 aromatic carbocycles. The van der Waals surface area contributed by atoms with Crippen LogP contribution in [0.3, 0.4) is 0 Å². The number of carbonyl (C=O) groups excluding carboxylic acids is 2. The van der Waals surface area contributed by atoms with Gasteiger partial charge < -0.3 is 24.3 Å². The first-order chi connectivity index (χ1) is 18.3. The number of phenols is 1. The van der Waals surface area contributed by atoms with E-state index in [9.17, 15) is 19.8 Å². The van der Waals surface area contributed by atoms with Crippen LogP contribution in [0.25, 0.3) is 5.76 Å². The van der Waals surface area contributed by atoms with Crippen LogP contribution in [0.2, 0.25) is 5.02 Å². The smallest absolute Gasteiger partial charge is 0.296 e. The van der Waals surface area contributed by atoms with Crippen LogP contribution < -0.4 is 4.74 Å². The number of aliphatic hydroxyl groups is 1. The summed E-state index contributed by atoms with van der Waals surface area (Å²) in [4.78, 5) is 27.7. The van der Waals surface area contributed by atoms with Gasteiger partial charge in [0.15, 0.2) is 0 Å². The van der Waals surface area contributed by atoms with Gasteiger partial charge >= 0.3 is 0 Å². The summed E-state index contributed by atoms with van der Waals surface area (Å²) in [7, 11) is 0. The Morgan fingerprint density at radius 1 is 1.03 bits per heavy atom. The van der Waals surface area contributed by atoms with E-state index in [1.807, 2.05) is 37.3 Å². The number of amides is 1. The Morgan fingerprint density at radius 3 is 2.50 bits per heavy atom. The summed E-state index contributed by atoms with van der Waals surface area (Å²) in [5.74, 6) is -0.970. The number of phenolic OH excluding ortho intramolecular Hbond substituents is 1. The Bertz CT molecular complexity index is 1530. The van der Waals surface area contributed by atoms with Crippen molar-refractivity contribution in [3.63, 3.8) is 0 Å². The second-order valence-electron chi connectivity index (χ2n) is 8.97. The zero-order valence-corrected chi connectivity index (χ0v) is 21.2. The van der Waals surface area contributed by atoms with Crippen LogP contribution in [0.1, 0.15) is 34.1 Å². The molecular formula is C30H24ClNO6. The molecule has 0 spiro atoms. The first-order valence-electron chi connectivity index (χ1n) is 11.9. The number of ether oxygens (including phenoxy) is 1. The molecule has 4 aromatic rings. The van der Waals surface area contributed by atoms with Crippen molar-refractivity contribution in [2.45, 2.75) is 26.1 Å². The molecular weight excluding hydrogens is 506 g/mol. The molecule has 8 heteroatoms. The first kappa shape index (κ1) is 25.2. The summed E-state index contributed by atoms with van der Waals surface area (Å²) in [6.45, 7) is 2.22. The van der Waals surface area contributed by atoms with E-state index in [1.54, 1.807) is 36.4 Å². The zero-order chi connectivity index (χ0) is 26.8. The van der Waals surface area contributed by atoms with E-state index in [2.05, 4.69) is 0 Å². The normalized spacial score (nSPS) is 16.7. The third kappa shape index (κ3) is 4.88. The molecule has 1 aliphatic heterocycles. The van der Waals surface area contributed by atoms with Gasteiger partial charge in [-0.25, -0.2) is 0 Å². The number of nitrogens with zero attached hydrogens (tertiary/aromatic N) is 1. The lowest BCUT2D eigenvalue weighted by Crippen LogP contribution is -2.29. The number of aromatic hydroxyl groups is 1. The molecule has 1 unspecified atom stereocenters. The number of halogens is 1. The topological polar surface area (TPSA) is 100 Å². The van der Waals surface area contributed by atoms with Crippen LogP contribution in [0.4, 0.5) is 0 Å². The van der Waals surface area contributed by atoms with Crippen molar-refractivity contribution in [2.75, 3.05) is 0 Å². The molecule has 1 aromatic heterocycles. The maximum atomic E-state index is 13.3. The Balaban J connectivity index is 1.53. The highest BCUT2D eigenvalue weighted by Gasteiger charge is 2.46. The molecule has 1 saturated heterocycles. The second kappa shape index (κ2) is 10.5. The fraction of sp³-hybridized carbons (Fsp3) is 0.133. The highest BCUT2D eigenvalue weighted by atomic mass is 35.5. The SMILES string of the molecule is Cc1cc(/C(O)=C2/C(=O)C(=O)N(Cc3ccco3)C2c2ccc(O)c(Cl)c2)ccc1OCc1ccccc1. The first-order valence-corrected chi connectivity index (χ1v) is 12.3. The van der Waals surface area contributed by atoms with Crippen molar-refractivity contribution in [1.82, 2.24) is 4.90 Å². The van der Waals surface area contributed by atoms with Gasteiger partial charge in [-0.1, -0.05) is 48.0 Å². The second-order valence-corrected chi connectivity index (χ2v) is 9.38. The largest absolute Gasteiger partial charge is 0.507 e. The fourth-order valence-corrected chi connectivity index (χ4v) is 4.69. The van der Waals surface area contributed by atoms with Gasteiger partial charge in [-0.15, -0.1) is 0 Å². The van der Waals surface area contributed by atoms with Crippen molar-refractivity contribution in [3.05, 3.63) is 124 Å². The Labute approximate surface area is 224 Å². The number of benzene rings is 3. The minimum atomic E-state index is -0.951. The molecule has 0 radical (unpaired) electrons. The minimum Gasteiger partial charge on any atom is -0.507 e. The summed E-state index contributed by atoms with van der Waals surface area (Å²) in [5, 5.41) is 21.3. The van der Waals surface area contributed by atoms with Crippen molar-refractivity contribution >= 4 is 29.1 Å². The van der Waals surface area contributed by atoms with Gasteiger partial charge in [0.2, 0.25) is 0 Å². The van der Waals surface area contributed by atoms with E-state index < -0.39 is 17.7 Å². The predicted octanol–water partition coefficient (Wildman–Crippen LogP) is 6.15. The average Bonchev–Trinajstić information content (AvgIpc) is 3.52. The predicted molar refractivity (Wildman–Crippen MR) is 142 cm³/mol. The number of hydrogen-bond donors (Lipinski definition) is 2. The third-order valence-electron chi connectivity index (χ3n) is 6.42. The quantitative estimate of drug-likeness (QED) is 0.169. The maximum Gasteiger partial charge on any atom is 0.296 e. The Kier molecular flexibility index (Phi) is 6.94. The van der Waals surface area contributed by atoms with Crippen molar-refractivity contribution < 1.29 is 29.0 Å². The Morgan fingerprint density at radius 2 is 1.82 bits per heavy atom. The van der Waals surface area contributed by atoms with Gasteiger partial charge in [0.1, 0.15) is 29.6 Å². The number of aryl methyl sites for hydroxylation is 1. The molecule has 1 amide bonds. The molecule has 2 heterocycles. The number of rotatable bonds is 7. The monoisotopic (exact) mass is 529 g/mol. The van der Waals surface area contributed by atoms with Gasteiger partial charge in [0.25, 0.3) is 11.7 Å². The number of furan rings is 1. The Hall–Kier alpha value is -4.49. The lowest BCUT2D eigenvalue weighted by atomic mass is 9.94. The molecule has 7 nitrogen and oxygen atoms in total. The minimum absolute atomic E-state index is 0.00278. The zero-order valence-electron chi connectivity index (χ0n) is 20.4. The van der Waals surface area contributed by atoms with E-state index in [4.69, 9.17) is 20.8 Å². The lowest BCUT2D eigenvalue weighted by Gasteiger charge is -2.25. The third-order valence-corrected chi connectivity index (χ3v) is 6.72. The molecule has 0 saturated carbocycles. The van der Waals surface area contributed by atoms with Crippen LogP contribution in [0.5, 0.6) is 11.5 Å². The number of Topliss-reactive ketones (excluding diaryl/α,β-unsaturated/α-hetero) is 1. The van der Waals surface area contributed by atoms with Gasteiger partial charge in [0, 0.05) is 5.56 Å². The van der Waals surface area contributed by atoms with Gasteiger partial charge in [-0.2, -0.15) is 0 Å².